The molecule has 0 unspecified atom stereocenters. The van der Waals surface area contributed by atoms with Crippen LogP contribution in [0.25, 0.3) is 0 Å². The van der Waals surface area contributed by atoms with Crippen LogP contribution in [0.3, 0.4) is 0 Å². The fraction of sp³-hybridized carbons (Fsp3) is 0.333. The second-order valence-electron chi connectivity index (χ2n) is 4.21. The lowest BCUT2D eigenvalue weighted by Crippen LogP contribution is -1.90. The van der Waals surface area contributed by atoms with Crippen LogP contribution < -0.4 is 0 Å². The van der Waals surface area contributed by atoms with E-state index in [1.54, 1.807) is 0 Å². The van der Waals surface area contributed by atoms with Crippen molar-refractivity contribution in [3.63, 3.8) is 0 Å². The second-order valence-corrected chi connectivity index (χ2v) is 5.25. The Labute approximate surface area is 102 Å². The van der Waals surface area contributed by atoms with Gasteiger partial charge in [-0.25, -0.2) is 0 Å². The third-order valence-electron chi connectivity index (χ3n) is 2.96. The molecule has 2 rings (SSSR count). The van der Waals surface area contributed by atoms with Gasteiger partial charge in [0.05, 0.1) is 0 Å². The number of rotatable bonds is 5. The molecule has 2 aromatic rings. The third-order valence-corrected chi connectivity index (χ3v) is 3.90. The molecule has 0 spiro atoms. The predicted octanol–water partition coefficient (Wildman–Crippen LogP) is 4.62. The van der Waals surface area contributed by atoms with Crippen molar-refractivity contribution in [2.75, 3.05) is 0 Å². The summed E-state index contributed by atoms with van der Waals surface area (Å²) in [5, 5.41) is 2.16. The number of aryl methyl sites for hydroxylation is 3. The Bertz CT molecular complexity index is 415. The molecule has 1 aromatic heterocycles. The van der Waals surface area contributed by atoms with Crippen molar-refractivity contribution in [2.45, 2.75) is 32.6 Å². The number of hydrogen-bond acceptors (Lipinski definition) is 1. The summed E-state index contributed by atoms with van der Waals surface area (Å²) in [4.78, 5) is 1.52. The fourth-order valence-electron chi connectivity index (χ4n) is 1.96. The van der Waals surface area contributed by atoms with Crippen LogP contribution in [0, 0.1) is 6.92 Å². The average Bonchev–Trinajstić information content (AvgIpc) is 2.79. The molecule has 1 aromatic carbocycles. The highest BCUT2D eigenvalue weighted by Gasteiger charge is 1.98. The van der Waals surface area contributed by atoms with E-state index in [9.17, 15) is 0 Å². The number of thiophene rings is 1. The first-order chi connectivity index (χ1) is 7.86. The molecule has 0 aliphatic rings. The van der Waals surface area contributed by atoms with E-state index in [0.717, 1.165) is 0 Å². The molecule has 1 heterocycles. The standard InChI is InChI=1S/C15H18S/c1-13-7-2-3-8-14(13)9-4-5-10-15-11-6-12-16-15/h2-3,6-8,11-12H,4-5,9-10H2,1H3. The van der Waals surface area contributed by atoms with Crippen LogP contribution in [-0.2, 0) is 12.8 Å². The molecule has 0 atom stereocenters. The van der Waals surface area contributed by atoms with Gasteiger partial charge >= 0.3 is 0 Å². The van der Waals surface area contributed by atoms with E-state index in [1.807, 2.05) is 11.3 Å². The minimum absolute atomic E-state index is 1.22. The molecule has 0 nitrogen and oxygen atoms in total. The van der Waals surface area contributed by atoms with Crippen LogP contribution in [0.1, 0.15) is 28.8 Å². The largest absolute Gasteiger partial charge is 0.149 e. The van der Waals surface area contributed by atoms with Crippen molar-refractivity contribution in [2.24, 2.45) is 0 Å². The smallest absolute Gasteiger partial charge is 0.00452 e. The molecule has 1 heteroatoms. The van der Waals surface area contributed by atoms with Crippen molar-refractivity contribution in [1.82, 2.24) is 0 Å². The number of hydrogen-bond donors (Lipinski definition) is 0. The molecule has 0 amide bonds. The Morgan fingerprint density at radius 2 is 1.75 bits per heavy atom. The Morgan fingerprint density at radius 1 is 0.938 bits per heavy atom. The quantitative estimate of drug-likeness (QED) is 0.657. The highest BCUT2D eigenvalue weighted by atomic mass is 32.1. The van der Waals surface area contributed by atoms with Crippen LogP contribution in [0.4, 0.5) is 0 Å². The van der Waals surface area contributed by atoms with Gasteiger partial charge in [0.15, 0.2) is 0 Å². The molecular formula is C15H18S. The molecule has 84 valence electrons. The van der Waals surface area contributed by atoms with E-state index < -0.39 is 0 Å². The average molecular weight is 230 g/mol. The summed E-state index contributed by atoms with van der Waals surface area (Å²) in [7, 11) is 0. The van der Waals surface area contributed by atoms with E-state index in [2.05, 4.69) is 48.7 Å². The van der Waals surface area contributed by atoms with E-state index in [1.165, 1.54) is 41.7 Å². The maximum Gasteiger partial charge on any atom is 0.00452 e. The molecule has 16 heavy (non-hydrogen) atoms. The molecule has 0 bridgehead atoms. The lowest BCUT2D eigenvalue weighted by molar-refractivity contribution is 0.738. The Morgan fingerprint density at radius 3 is 2.50 bits per heavy atom. The van der Waals surface area contributed by atoms with Crippen molar-refractivity contribution in [3.05, 3.63) is 57.8 Å². The van der Waals surface area contributed by atoms with E-state index in [4.69, 9.17) is 0 Å². The SMILES string of the molecule is Cc1ccccc1CCCCc1cccs1. The van der Waals surface area contributed by atoms with Gasteiger partial charge < -0.3 is 0 Å². The number of benzene rings is 1. The fourth-order valence-corrected chi connectivity index (χ4v) is 2.71. The maximum atomic E-state index is 2.25. The van der Waals surface area contributed by atoms with Gasteiger partial charge in [0.25, 0.3) is 0 Å². The minimum Gasteiger partial charge on any atom is -0.149 e. The van der Waals surface area contributed by atoms with Gasteiger partial charge in [0.2, 0.25) is 0 Å². The predicted molar refractivity (Wildman–Crippen MR) is 72.1 cm³/mol. The summed E-state index contributed by atoms with van der Waals surface area (Å²) in [5.41, 5.74) is 2.94. The van der Waals surface area contributed by atoms with Crippen LogP contribution in [0.15, 0.2) is 41.8 Å². The molecule has 0 fully saturated rings. The lowest BCUT2D eigenvalue weighted by atomic mass is 10.0. The highest BCUT2D eigenvalue weighted by Crippen LogP contribution is 2.15. The third kappa shape index (κ3) is 3.21. The first kappa shape index (κ1) is 11.4. The van der Waals surface area contributed by atoms with Gasteiger partial charge in [-0.1, -0.05) is 30.3 Å². The van der Waals surface area contributed by atoms with Crippen molar-refractivity contribution in [3.8, 4) is 0 Å². The number of unbranched alkanes of at least 4 members (excludes halogenated alkanes) is 1. The summed E-state index contributed by atoms with van der Waals surface area (Å²) >= 11 is 1.87. The topological polar surface area (TPSA) is 0 Å². The summed E-state index contributed by atoms with van der Waals surface area (Å²) < 4.78 is 0. The lowest BCUT2D eigenvalue weighted by Gasteiger charge is -2.04. The summed E-state index contributed by atoms with van der Waals surface area (Å²) in [6.07, 6.45) is 5.05. The zero-order chi connectivity index (χ0) is 11.2. The molecule has 0 saturated carbocycles. The zero-order valence-corrected chi connectivity index (χ0v) is 10.6. The summed E-state index contributed by atoms with van der Waals surface area (Å²) in [6.45, 7) is 2.20. The van der Waals surface area contributed by atoms with Gasteiger partial charge in [-0.15, -0.1) is 11.3 Å². The molecule has 0 saturated heterocycles. The molecule has 0 N–H and O–H groups in total. The van der Waals surface area contributed by atoms with Crippen LogP contribution in [0.5, 0.6) is 0 Å². The van der Waals surface area contributed by atoms with Crippen molar-refractivity contribution in [1.29, 1.82) is 0 Å². The van der Waals surface area contributed by atoms with E-state index in [-0.39, 0.29) is 0 Å². The Hall–Kier alpha value is -1.08. The normalized spacial score (nSPS) is 10.6. The van der Waals surface area contributed by atoms with Crippen molar-refractivity contribution < 1.29 is 0 Å². The van der Waals surface area contributed by atoms with Gasteiger partial charge in [0.1, 0.15) is 0 Å². The summed E-state index contributed by atoms with van der Waals surface area (Å²) in [5.74, 6) is 0. The highest BCUT2D eigenvalue weighted by molar-refractivity contribution is 7.09. The van der Waals surface area contributed by atoms with Gasteiger partial charge in [0, 0.05) is 4.88 Å². The monoisotopic (exact) mass is 230 g/mol. The Balaban J connectivity index is 1.74. The molecular weight excluding hydrogens is 212 g/mol. The maximum absolute atomic E-state index is 2.25. The van der Waals surface area contributed by atoms with E-state index in [0.29, 0.717) is 0 Å². The zero-order valence-electron chi connectivity index (χ0n) is 9.78. The second kappa shape index (κ2) is 5.86. The summed E-state index contributed by atoms with van der Waals surface area (Å²) in [6, 6.07) is 13.1. The van der Waals surface area contributed by atoms with Crippen LogP contribution in [-0.4, -0.2) is 0 Å². The molecule has 0 aliphatic heterocycles. The minimum atomic E-state index is 1.22. The van der Waals surface area contributed by atoms with E-state index >= 15 is 0 Å². The Kier molecular flexibility index (Phi) is 4.17. The molecule has 0 aliphatic carbocycles. The van der Waals surface area contributed by atoms with Crippen LogP contribution >= 0.6 is 11.3 Å². The van der Waals surface area contributed by atoms with Gasteiger partial charge in [-0.05, 0) is 55.2 Å². The van der Waals surface area contributed by atoms with Gasteiger partial charge in [-0.2, -0.15) is 0 Å². The van der Waals surface area contributed by atoms with Gasteiger partial charge in [-0.3, -0.25) is 0 Å². The molecule has 0 radical (unpaired) electrons. The first-order valence-corrected chi connectivity index (χ1v) is 6.81. The van der Waals surface area contributed by atoms with Crippen molar-refractivity contribution >= 4 is 11.3 Å². The van der Waals surface area contributed by atoms with Crippen LogP contribution in [0.2, 0.25) is 0 Å². The first-order valence-electron chi connectivity index (χ1n) is 5.93.